The highest BCUT2D eigenvalue weighted by atomic mass is 35.5. The number of benzene rings is 4. The number of aliphatic imine (C=N–C) groups is 1. The average Bonchev–Trinajstić information content (AvgIpc) is 2.81. The number of hydrogen-bond acceptors (Lipinski definition) is 2. The maximum Gasteiger partial charge on any atom is 0.141 e. The minimum Gasteiger partial charge on any atom is -1.00 e. The molecule has 0 aromatic heterocycles. The van der Waals surface area contributed by atoms with Crippen molar-refractivity contribution in [3.63, 3.8) is 0 Å². The molecule has 4 aromatic rings. The summed E-state index contributed by atoms with van der Waals surface area (Å²) in [6.07, 6.45) is 2.76. The number of rotatable bonds is 6. The summed E-state index contributed by atoms with van der Waals surface area (Å²) in [7, 11) is -1.95. The molecule has 0 heterocycles. The Morgan fingerprint density at radius 3 is 1.61 bits per heavy atom. The number of phenols is 1. The van der Waals surface area contributed by atoms with Crippen LogP contribution in [0.2, 0.25) is 0 Å². The Balaban J connectivity index is 0.00000272. The van der Waals surface area contributed by atoms with Gasteiger partial charge >= 0.3 is 0 Å². The molecular weight excluding hydrogens is 421 g/mol. The molecule has 1 N–H and O–H groups in total. The number of nitrogens with zero attached hydrogens (tertiary/aromatic N) is 1. The maximum absolute atomic E-state index is 10.2. The first-order chi connectivity index (χ1) is 14.7. The van der Waals surface area contributed by atoms with Crippen molar-refractivity contribution in [1.29, 1.82) is 0 Å². The van der Waals surface area contributed by atoms with Crippen LogP contribution in [0.25, 0.3) is 0 Å². The van der Waals surface area contributed by atoms with E-state index < -0.39 is 7.26 Å². The predicted octanol–water partition coefficient (Wildman–Crippen LogP) is 2.40. The Hall–Kier alpha value is -2.93. The molecule has 0 aliphatic heterocycles. The van der Waals surface area contributed by atoms with E-state index in [0.29, 0.717) is 5.69 Å². The van der Waals surface area contributed by atoms with E-state index in [-0.39, 0.29) is 18.2 Å². The quantitative estimate of drug-likeness (QED) is 0.359. The molecule has 0 bridgehead atoms. The van der Waals surface area contributed by atoms with Crippen LogP contribution in [0.4, 0.5) is 5.69 Å². The van der Waals surface area contributed by atoms with Gasteiger partial charge in [0.05, 0.1) is 0 Å². The molecule has 4 aromatic carbocycles. The van der Waals surface area contributed by atoms with Crippen LogP contribution in [0.1, 0.15) is 5.56 Å². The SMILES string of the molecule is Cc1ccc(O)c(N=CC[P+](c2ccccc2)(c2ccccc2)c2ccccc2)c1.[Cl-]. The van der Waals surface area contributed by atoms with Gasteiger partial charge in [0, 0.05) is 6.21 Å². The van der Waals surface area contributed by atoms with Gasteiger partial charge in [0.2, 0.25) is 0 Å². The highest BCUT2D eigenvalue weighted by molar-refractivity contribution is 7.96. The molecule has 31 heavy (non-hydrogen) atoms. The van der Waals surface area contributed by atoms with Crippen molar-refractivity contribution in [2.45, 2.75) is 6.92 Å². The van der Waals surface area contributed by atoms with E-state index in [0.717, 1.165) is 11.7 Å². The molecular formula is C27H25ClNOP. The lowest BCUT2D eigenvalue weighted by molar-refractivity contribution is -0.00000687. The van der Waals surface area contributed by atoms with Crippen molar-refractivity contribution in [2.75, 3.05) is 6.16 Å². The minimum atomic E-state index is -1.95. The number of halogens is 1. The zero-order valence-electron chi connectivity index (χ0n) is 17.4. The van der Waals surface area contributed by atoms with Gasteiger partial charge in [0.15, 0.2) is 0 Å². The normalized spacial score (nSPS) is 11.3. The fourth-order valence-corrected chi connectivity index (χ4v) is 7.71. The monoisotopic (exact) mass is 445 g/mol. The first kappa shape index (κ1) is 22.7. The fourth-order valence-electron chi connectivity index (χ4n) is 3.81. The lowest BCUT2D eigenvalue weighted by Crippen LogP contribution is -3.00. The third-order valence-electron chi connectivity index (χ3n) is 5.31. The summed E-state index contributed by atoms with van der Waals surface area (Å²) in [5.74, 6) is 0.208. The third kappa shape index (κ3) is 4.88. The van der Waals surface area contributed by atoms with Crippen LogP contribution in [0.15, 0.2) is 114 Å². The highest BCUT2D eigenvalue weighted by Crippen LogP contribution is 2.54. The van der Waals surface area contributed by atoms with E-state index >= 15 is 0 Å². The summed E-state index contributed by atoms with van der Waals surface area (Å²) in [6, 6.07) is 37.7. The summed E-state index contributed by atoms with van der Waals surface area (Å²) in [4.78, 5) is 4.68. The lowest BCUT2D eigenvalue weighted by Gasteiger charge is -2.26. The second-order valence-corrected chi connectivity index (χ2v) is 10.8. The van der Waals surface area contributed by atoms with Crippen LogP contribution in [0.5, 0.6) is 5.75 Å². The predicted molar refractivity (Wildman–Crippen MR) is 131 cm³/mol. The van der Waals surface area contributed by atoms with Gasteiger partial charge in [0.1, 0.15) is 40.8 Å². The standard InChI is InChI=1S/C27H24NOP.ClH/c1-22-17-18-27(29)26(21-22)28-19-20-30(23-11-5-2-6-12-23,24-13-7-3-8-14-24)25-15-9-4-10-16-25;/h2-19,21H,20H2,1H3;1H. The van der Waals surface area contributed by atoms with Gasteiger partial charge in [-0.15, -0.1) is 0 Å². The molecule has 0 unspecified atom stereocenters. The number of hydrogen-bond donors (Lipinski definition) is 1. The summed E-state index contributed by atoms with van der Waals surface area (Å²) in [5, 5.41) is 14.2. The smallest absolute Gasteiger partial charge is 0.141 e. The van der Waals surface area contributed by atoms with Crippen molar-refractivity contribution in [3.05, 3.63) is 115 Å². The molecule has 0 spiro atoms. The van der Waals surface area contributed by atoms with Gasteiger partial charge in [-0.05, 0) is 61.0 Å². The van der Waals surface area contributed by atoms with Crippen molar-refractivity contribution in [1.82, 2.24) is 0 Å². The first-order valence-corrected chi connectivity index (χ1v) is 12.0. The summed E-state index contributed by atoms with van der Waals surface area (Å²) >= 11 is 0. The van der Waals surface area contributed by atoms with Gasteiger partial charge in [-0.3, -0.25) is 4.99 Å². The topological polar surface area (TPSA) is 32.6 Å². The van der Waals surface area contributed by atoms with Gasteiger partial charge < -0.3 is 17.5 Å². The van der Waals surface area contributed by atoms with Gasteiger partial charge in [0.25, 0.3) is 0 Å². The second-order valence-electron chi connectivity index (χ2n) is 7.30. The summed E-state index contributed by atoms with van der Waals surface area (Å²) in [5.41, 5.74) is 1.69. The van der Waals surface area contributed by atoms with Crippen LogP contribution >= 0.6 is 7.26 Å². The lowest BCUT2D eigenvalue weighted by atomic mass is 10.2. The molecule has 0 radical (unpaired) electrons. The van der Waals surface area contributed by atoms with Gasteiger partial charge in [-0.25, -0.2) is 0 Å². The Morgan fingerprint density at radius 1 is 0.710 bits per heavy atom. The fraction of sp³-hybridized carbons (Fsp3) is 0.0741. The summed E-state index contributed by atoms with van der Waals surface area (Å²) < 4.78 is 0. The van der Waals surface area contributed by atoms with Crippen molar-refractivity contribution >= 4 is 35.1 Å². The molecule has 4 heteroatoms. The molecule has 0 atom stereocenters. The third-order valence-corrected chi connectivity index (χ3v) is 9.56. The Kier molecular flexibility index (Phi) is 7.63. The Bertz CT molecular complexity index is 1040. The van der Waals surface area contributed by atoms with E-state index in [1.807, 2.05) is 25.3 Å². The zero-order valence-corrected chi connectivity index (χ0v) is 19.0. The molecule has 2 nitrogen and oxygen atoms in total. The van der Waals surface area contributed by atoms with Crippen LogP contribution in [-0.2, 0) is 0 Å². The summed E-state index contributed by atoms with van der Waals surface area (Å²) in [6.45, 7) is 2.01. The molecule has 0 saturated carbocycles. The number of aryl methyl sites for hydroxylation is 1. The largest absolute Gasteiger partial charge is 1.00 e. The van der Waals surface area contributed by atoms with E-state index in [9.17, 15) is 5.11 Å². The van der Waals surface area contributed by atoms with Crippen LogP contribution in [-0.4, -0.2) is 17.5 Å². The molecule has 0 aliphatic rings. The second kappa shape index (κ2) is 10.4. The average molecular weight is 446 g/mol. The number of aromatic hydroxyl groups is 1. The van der Waals surface area contributed by atoms with Gasteiger partial charge in [-0.2, -0.15) is 0 Å². The van der Waals surface area contributed by atoms with Gasteiger partial charge in [-0.1, -0.05) is 60.7 Å². The molecule has 0 fully saturated rings. The van der Waals surface area contributed by atoms with Crippen molar-refractivity contribution in [2.24, 2.45) is 4.99 Å². The van der Waals surface area contributed by atoms with E-state index in [2.05, 4.69) is 96.0 Å². The highest BCUT2D eigenvalue weighted by Gasteiger charge is 2.44. The van der Waals surface area contributed by atoms with Crippen molar-refractivity contribution < 1.29 is 17.5 Å². The van der Waals surface area contributed by atoms with E-state index in [4.69, 9.17) is 0 Å². The number of phenolic OH excluding ortho intramolecular Hbond substituents is 1. The first-order valence-electron chi connectivity index (χ1n) is 10.1. The van der Waals surface area contributed by atoms with Crippen LogP contribution in [0, 0.1) is 6.92 Å². The maximum atomic E-state index is 10.2. The van der Waals surface area contributed by atoms with E-state index in [1.165, 1.54) is 15.9 Å². The van der Waals surface area contributed by atoms with Crippen molar-refractivity contribution in [3.8, 4) is 5.75 Å². The minimum absolute atomic E-state index is 0. The molecule has 156 valence electrons. The Morgan fingerprint density at radius 2 is 1.16 bits per heavy atom. The Labute approximate surface area is 191 Å². The molecule has 0 saturated heterocycles. The van der Waals surface area contributed by atoms with Crippen LogP contribution < -0.4 is 28.3 Å². The van der Waals surface area contributed by atoms with E-state index in [1.54, 1.807) is 6.07 Å². The molecule has 4 rings (SSSR count). The molecule has 0 amide bonds. The van der Waals surface area contributed by atoms with Crippen LogP contribution in [0.3, 0.4) is 0 Å². The zero-order chi connectivity index (χ0) is 20.8. The molecule has 0 aliphatic carbocycles.